The number of hydrogen-bond donors (Lipinski definition) is 1. The fourth-order valence-electron chi connectivity index (χ4n) is 3.22. The van der Waals surface area contributed by atoms with E-state index in [0.717, 1.165) is 5.92 Å². The summed E-state index contributed by atoms with van der Waals surface area (Å²) in [6, 6.07) is 0. The molecule has 4 nitrogen and oxygen atoms in total. The zero-order valence-electron chi connectivity index (χ0n) is 8.52. The minimum Gasteiger partial charge on any atom is -0.219 e. The lowest BCUT2D eigenvalue weighted by atomic mass is 9.81. The number of hydrogen-bond acceptors (Lipinski definition) is 4. The van der Waals surface area contributed by atoms with Crippen molar-refractivity contribution in [3.63, 3.8) is 0 Å². The molecule has 0 radical (unpaired) electrons. The maximum absolute atomic E-state index is 8.06. The van der Waals surface area contributed by atoms with Crippen LogP contribution in [0, 0.1) is 17.8 Å². The molecule has 2 rings (SSSR count). The van der Waals surface area contributed by atoms with E-state index in [-0.39, 0.29) is 6.10 Å². The second-order valence-electron chi connectivity index (χ2n) is 4.62. The monoisotopic (exact) mass is 202 g/mol. The van der Waals surface area contributed by atoms with Gasteiger partial charge in [-0.15, -0.1) is 0 Å². The molecule has 4 heteroatoms. The highest BCUT2D eigenvalue weighted by atomic mass is 17.6. The van der Waals surface area contributed by atoms with Crippen LogP contribution in [-0.2, 0) is 15.0 Å². The normalized spacial score (nSPS) is 42.4. The Hall–Kier alpha value is -0.160. The molecule has 1 N–H and O–H groups in total. The van der Waals surface area contributed by atoms with Gasteiger partial charge >= 0.3 is 0 Å². The molecular formula is C10H18O4. The summed E-state index contributed by atoms with van der Waals surface area (Å²) in [6.45, 7) is 2.17. The molecule has 0 bridgehead atoms. The van der Waals surface area contributed by atoms with Gasteiger partial charge in [-0.1, -0.05) is 26.2 Å². The van der Waals surface area contributed by atoms with Gasteiger partial charge in [-0.05, 0) is 40.7 Å². The SMILES string of the molecule is C[C@@H]1CC2CCCCC2C1OOOO. The average molecular weight is 202 g/mol. The van der Waals surface area contributed by atoms with E-state index in [4.69, 9.17) is 10.1 Å². The molecule has 0 saturated heterocycles. The van der Waals surface area contributed by atoms with Gasteiger partial charge in [0, 0.05) is 0 Å². The van der Waals surface area contributed by atoms with Crippen LogP contribution in [-0.4, -0.2) is 11.4 Å². The molecule has 4 atom stereocenters. The van der Waals surface area contributed by atoms with Crippen molar-refractivity contribution >= 4 is 0 Å². The van der Waals surface area contributed by atoms with Gasteiger partial charge < -0.3 is 0 Å². The average Bonchev–Trinajstić information content (AvgIpc) is 2.51. The highest BCUT2D eigenvalue weighted by Crippen LogP contribution is 2.46. The first-order valence-corrected chi connectivity index (χ1v) is 5.46. The summed E-state index contributed by atoms with van der Waals surface area (Å²) in [6.07, 6.45) is 6.46. The Morgan fingerprint density at radius 1 is 1.21 bits per heavy atom. The van der Waals surface area contributed by atoms with Crippen molar-refractivity contribution in [2.45, 2.75) is 45.1 Å². The summed E-state index contributed by atoms with van der Waals surface area (Å²) in [5.74, 6) is 1.87. The predicted octanol–water partition coefficient (Wildman–Crippen LogP) is 2.55. The molecule has 2 aliphatic carbocycles. The molecule has 2 saturated carbocycles. The molecule has 0 spiro atoms. The van der Waals surface area contributed by atoms with E-state index < -0.39 is 0 Å². The Kier molecular flexibility index (Phi) is 3.38. The second-order valence-corrected chi connectivity index (χ2v) is 4.62. The lowest BCUT2D eigenvalue weighted by molar-refractivity contribution is -0.634. The van der Waals surface area contributed by atoms with Crippen LogP contribution in [0.15, 0.2) is 0 Å². The molecule has 2 fully saturated rings. The molecule has 3 unspecified atom stereocenters. The maximum Gasteiger partial charge on any atom is 0.102 e. The molecular weight excluding hydrogens is 184 g/mol. The smallest absolute Gasteiger partial charge is 0.102 e. The molecule has 0 heterocycles. The Morgan fingerprint density at radius 3 is 2.79 bits per heavy atom. The van der Waals surface area contributed by atoms with Gasteiger partial charge in [0.1, 0.15) is 6.10 Å². The van der Waals surface area contributed by atoms with Crippen molar-refractivity contribution in [1.82, 2.24) is 0 Å². The fraction of sp³-hybridized carbons (Fsp3) is 1.00. The first kappa shape index (κ1) is 10.4. The first-order valence-electron chi connectivity index (χ1n) is 5.46. The Bertz CT molecular complexity index is 185. The first-order chi connectivity index (χ1) is 6.83. The lowest BCUT2D eigenvalue weighted by Crippen LogP contribution is -2.27. The van der Waals surface area contributed by atoms with Crippen molar-refractivity contribution in [2.24, 2.45) is 17.8 Å². The van der Waals surface area contributed by atoms with E-state index in [1.807, 2.05) is 0 Å². The zero-order valence-corrected chi connectivity index (χ0v) is 8.52. The molecule has 0 aromatic carbocycles. The van der Waals surface area contributed by atoms with Crippen molar-refractivity contribution in [3.05, 3.63) is 0 Å². The van der Waals surface area contributed by atoms with Gasteiger partial charge in [0.25, 0.3) is 0 Å². The summed E-state index contributed by atoms with van der Waals surface area (Å²) < 4.78 is 0. The predicted molar refractivity (Wildman–Crippen MR) is 48.9 cm³/mol. The molecule has 0 aromatic rings. The minimum atomic E-state index is 0.0902. The van der Waals surface area contributed by atoms with E-state index in [9.17, 15) is 0 Å². The third kappa shape index (κ3) is 1.93. The van der Waals surface area contributed by atoms with Gasteiger partial charge in [-0.2, -0.15) is 4.89 Å². The van der Waals surface area contributed by atoms with Gasteiger partial charge in [0.15, 0.2) is 0 Å². The van der Waals surface area contributed by atoms with E-state index >= 15 is 0 Å². The van der Waals surface area contributed by atoms with E-state index in [1.165, 1.54) is 32.1 Å². The van der Waals surface area contributed by atoms with Gasteiger partial charge in [0.05, 0.1) is 0 Å². The highest BCUT2D eigenvalue weighted by molar-refractivity contribution is 4.91. The largest absolute Gasteiger partial charge is 0.219 e. The van der Waals surface area contributed by atoms with Gasteiger partial charge in [0.2, 0.25) is 0 Å². The quantitative estimate of drug-likeness (QED) is 0.564. The fourth-order valence-corrected chi connectivity index (χ4v) is 3.22. The lowest BCUT2D eigenvalue weighted by Gasteiger charge is -2.28. The molecule has 0 aromatic heterocycles. The topological polar surface area (TPSA) is 47.9 Å². The number of rotatable bonds is 3. The van der Waals surface area contributed by atoms with Crippen LogP contribution in [0.2, 0.25) is 0 Å². The van der Waals surface area contributed by atoms with Crippen molar-refractivity contribution in [3.8, 4) is 0 Å². The van der Waals surface area contributed by atoms with Crippen LogP contribution in [0.1, 0.15) is 39.0 Å². The van der Waals surface area contributed by atoms with E-state index in [2.05, 4.69) is 17.0 Å². The van der Waals surface area contributed by atoms with Crippen LogP contribution in [0.3, 0.4) is 0 Å². The van der Waals surface area contributed by atoms with Crippen molar-refractivity contribution in [1.29, 1.82) is 0 Å². The van der Waals surface area contributed by atoms with Crippen LogP contribution in [0.4, 0.5) is 0 Å². The second kappa shape index (κ2) is 4.57. The van der Waals surface area contributed by atoms with Crippen molar-refractivity contribution < 1.29 is 20.2 Å². The van der Waals surface area contributed by atoms with Crippen molar-refractivity contribution in [2.75, 3.05) is 0 Å². The summed E-state index contributed by atoms with van der Waals surface area (Å²) in [4.78, 5) is 5.06. The van der Waals surface area contributed by atoms with Gasteiger partial charge in [-0.3, -0.25) is 0 Å². The highest BCUT2D eigenvalue weighted by Gasteiger charge is 2.43. The summed E-state index contributed by atoms with van der Waals surface area (Å²) in [5, 5.41) is 15.8. The Balaban J connectivity index is 1.93. The van der Waals surface area contributed by atoms with Crippen LogP contribution >= 0.6 is 0 Å². The summed E-state index contributed by atoms with van der Waals surface area (Å²) in [5.41, 5.74) is 0. The molecule has 14 heavy (non-hydrogen) atoms. The van der Waals surface area contributed by atoms with Gasteiger partial charge in [-0.25, -0.2) is 5.26 Å². The third-order valence-corrected chi connectivity index (χ3v) is 3.81. The van der Waals surface area contributed by atoms with Crippen LogP contribution in [0.25, 0.3) is 0 Å². The van der Waals surface area contributed by atoms with Crippen LogP contribution < -0.4 is 0 Å². The minimum absolute atomic E-state index is 0.0902. The molecule has 0 amide bonds. The standard InChI is InChI=1S/C10H18O4/c1-7-6-8-4-2-3-5-9(8)10(7)12-14-13-11/h7-11H,2-6H2,1H3/t7-,8?,9?,10?/m1/s1. The number of fused-ring (bicyclic) bond motifs is 1. The Labute approximate surface area is 83.9 Å². The maximum atomic E-state index is 8.06. The molecule has 82 valence electrons. The van der Waals surface area contributed by atoms with Crippen LogP contribution in [0.5, 0.6) is 0 Å². The summed E-state index contributed by atoms with van der Waals surface area (Å²) in [7, 11) is 0. The van der Waals surface area contributed by atoms with E-state index in [0.29, 0.717) is 11.8 Å². The third-order valence-electron chi connectivity index (χ3n) is 3.81. The van der Waals surface area contributed by atoms with E-state index in [1.54, 1.807) is 0 Å². The Morgan fingerprint density at radius 2 is 2.00 bits per heavy atom. The molecule has 2 aliphatic rings. The summed E-state index contributed by atoms with van der Waals surface area (Å²) >= 11 is 0. The molecule has 0 aliphatic heterocycles. The zero-order chi connectivity index (χ0) is 9.97.